The minimum Gasteiger partial charge on any atom is -0.381 e. The highest BCUT2D eigenvalue weighted by atomic mass is 35.5. The molecule has 2 nitrogen and oxygen atoms in total. The van der Waals surface area contributed by atoms with Crippen molar-refractivity contribution in [2.24, 2.45) is 0 Å². The van der Waals surface area contributed by atoms with Gasteiger partial charge >= 0.3 is 0 Å². The van der Waals surface area contributed by atoms with Gasteiger partial charge in [-0.2, -0.15) is 0 Å². The third-order valence-corrected chi connectivity index (χ3v) is 5.00. The molecule has 4 heteroatoms. The summed E-state index contributed by atoms with van der Waals surface area (Å²) in [7, 11) is 0. The minimum atomic E-state index is -0.252. The smallest absolute Gasteiger partial charge is 0.123 e. The Morgan fingerprint density at radius 3 is 2.65 bits per heavy atom. The average molecular weight is 334 g/mol. The van der Waals surface area contributed by atoms with Gasteiger partial charge in [0.15, 0.2) is 0 Å². The topological polar surface area (TPSA) is 21.3 Å². The van der Waals surface area contributed by atoms with Crippen LogP contribution in [0.25, 0.3) is 0 Å². The van der Waals surface area contributed by atoms with Crippen LogP contribution in [0.2, 0.25) is 5.02 Å². The van der Waals surface area contributed by atoms with E-state index in [1.54, 1.807) is 12.1 Å². The lowest BCUT2D eigenvalue weighted by Crippen LogP contribution is -2.46. The molecule has 122 valence electrons. The van der Waals surface area contributed by atoms with Crippen molar-refractivity contribution in [1.82, 2.24) is 5.32 Å². The quantitative estimate of drug-likeness (QED) is 0.884. The summed E-state index contributed by atoms with van der Waals surface area (Å²) in [6.45, 7) is 4.04. The molecular weight excluding hydrogens is 313 g/mol. The number of halogens is 2. The van der Waals surface area contributed by atoms with Crippen LogP contribution in [-0.2, 0) is 16.8 Å². The van der Waals surface area contributed by atoms with E-state index < -0.39 is 0 Å². The first-order valence-corrected chi connectivity index (χ1v) is 8.31. The summed E-state index contributed by atoms with van der Waals surface area (Å²) in [6.07, 6.45) is 1.66. The van der Waals surface area contributed by atoms with Gasteiger partial charge in [0.2, 0.25) is 0 Å². The maximum atomic E-state index is 13.7. The third kappa shape index (κ3) is 3.74. The van der Waals surface area contributed by atoms with E-state index in [2.05, 4.69) is 11.4 Å². The van der Waals surface area contributed by atoms with Crippen molar-refractivity contribution in [1.29, 1.82) is 0 Å². The van der Waals surface area contributed by atoms with Gasteiger partial charge in [0.05, 0.1) is 0 Å². The Bertz CT molecular complexity index is 683. The summed E-state index contributed by atoms with van der Waals surface area (Å²) in [6, 6.07) is 13.0. The molecule has 2 aromatic carbocycles. The molecule has 0 aliphatic carbocycles. The summed E-state index contributed by atoms with van der Waals surface area (Å²) in [5, 5.41) is 4.41. The molecular formula is C19H21ClFNO. The molecule has 0 atom stereocenters. The fraction of sp³-hybridized carbons (Fsp3) is 0.368. The maximum Gasteiger partial charge on any atom is 0.123 e. The van der Waals surface area contributed by atoms with Crippen LogP contribution in [-0.4, -0.2) is 13.2 Å². The lowest BCUT2D eigenvalue weighted by molar-refractivity contribution is 0.0357. The molecule has 3 rings (SSSR count). The predicted molar refractivity (Wildman–Crippen MR) is 91.2 cm³/mol. The molecule has 1 N–H and O–H groups in total. The maximum absolute atomic E-state index is 13.7. The molecule has 1 fully saturated rings. The predicted octanol–water partition coefficient (Wildman–Crippen LogP) is 4.58. The molecule has 0 bridgehead atoms. The van der Waals surface area contributed by atoms with Crippen LogP contribution in [0.5, 0.6) is 0 Å². The Labute approximate surface area is 141 Å². The highest BCUT2D eigenvalue weighted by Crippen LogP contribution is 2.33. The molecule has 0 aromatic heterocycles. The highest BCUT2D eigenvalue weighted by molar-refractivity contribution is 6.31. The van der Waals surface area contributed by atoms with Crippen LogP contribution in [0.1, 0.15) is 29.5 Å². The zero-order chi connectivity index (χ0) is 16.3. The van der Waals surface area contributed by atoms with E-state index in [0.717, 1.165) is 34.6 Å². The van der Waals surface area contributed by atoms with Crippen LogP contribution < -0.4 is 5.32 Å². The van der Waals surface area contributed by atoms with Gasteiger partial charge < -0.3 is 10.1 Å². The zero-order valence-electron chi connectivity index (χ0n) is 13.2. The van der Waals surface area contributed by atoms with Crippen LogP contribution in [0.15, 0.2) is 42.5 Å². The van der Waals surface area contributed by atoms with E-state index in [0.29, 0.717) is 19.8 Å². The van der Waals surface area contributed by atoms with E-state index in [1.165, 1.54) is 6.07 Å². The molecule has 1 aliphatic heterocycles. The number of nitrogens with one attached hydrogen (secondary N) is 1. The molecule has 2 aromatic rings. The summed E-state index contributed by atoms with van der Waals surface area (Å²) in [5.41, 5.74) is 2.93. The first-order chi connectivity index (χ1) is 11.1. The molecule has 23 heavy (non-hydrogen) atoms. The Balaban J connectivity index is 1.83. The van der Waals surface area contributed by atoms with Gasteiger partial charge in [-0.05, 0) is 54.7 Å². The van der Waals surface area contributed by atoms with Crippen LogP contribution >= 0.6 is 11.6 Å². The van der Waals surface area contributed by atoms with Crippen molar-refractivity contribution < 1.29 is 9.13 Å². The van der Waals surface area contributed by atoms with Crippen molar-refractivity contribution in [3.05, 3.63) is 70.0 Å². The zero-order valence-corrected chi connectivity index (χ0v) is 14.0. The van der Waals surface area contributed by atoms with Gasteiger partial charge in [-0.15, -0.1) is 0 Å². The molecule has 0 saturated carbocycles. The van der Waals surface area contributed by atoms with E-state index in [-0.39, 0.29) is 11.4 Å². The van der Waals surface area contributed by atoms with Crippen LogP contribution in [0, 0.1) is 12.7 Å². The Hall–Kier alpha value is -1.42. The largest absolute Gasteiger partial charge is 0.381 e. The van der Waals surface area contributed by atoms with E-state index in [4.69, 9.17) is 16.3 Å². The molecule has 0 unspecified atom stereocenters. The first-order valence-electron chi connectivity index (χ1n) is 7.93. The third-order valence-electron chi connectivity index (χ3n) is 4.59. The lowest BCUT2D eigenvalue weighted by Gasteiger charge is -2.39. The number of ether oxygens (including phenoxy) is 1. The Morgan fingerprint density at radius 1 is 1.17 bits per heavy atom. The van der Waals surface area contributed by atoms with Crippen molar-refractivity contribution in [3.63, 3.8) is 0 Å². The van der Waals surface area contributed by atoms with Gasteiger partial charge in [-0.3, -0.25) is 0 Å². The summed E-state index contributed by atoms with van der Waals surface area (Å²) >= 11 is 6.21. The van der Waals surface area contributed by atoms with E-state index in [1.807, 2.05) is 25.1 Å². The summed E-state index contributed by atoms with van der Waals surface area (Å²) in [5.74, 6) is -0.200. The van der Waals surface area contributed by atoms with E-state index >= 15 is 0 Å². The number of rotatable bonds is 4. The van der Waals surface area contributed by atoms with Crippen molar-refractivity contribution in [3.8, 4) is 0 Å². The SMILES string of the molecule is Cc1ccc(CNC2(c3cccc(F)c3)CCOCC2)cc1Cl. The van der Waals surface area contributed by atoms with Crippen molar-refractivity contribution >= 4 is 11.6 Å². The van der Waals surface area contributed by atoms with E-state index in [9.17, 15) is 4.39 Å². The molecule has 0 radical (unpaired) electrons. The monoisotopic (exact) mass is 333 g/mol. The second-order valence-electron chi connectivity index (χ2n) is 6.14. The molecule has 0 amide bonds. The van der Waals surface area contributed by atoms with Gasteiger partial charge in [0.1, 0.15) is 5.82 Å². The number of hydrogen-bond donors (Lipinski definition) is 1. The summed E-state index contributed by atoms with van der Waals surface area (Å²) in [4.78, 5) is 0. The number of aryl methyl sites for hydroxylation is 1. The average Bonchev–Trinajstić information content (AvgIpc) is 2.57. The fourth-order valence-corrected chi connectivity index (χ4v) is 3.29. The second kappa shape index (κ2) is 7.00. The molecule has 0 spiro atoms. The molecule has 1 heterocycles. The van der Waals surface area contributed by atoms with Gasteiger partial charge in [0.25, 0.3) is 0 Å². The number of benzene rings is 2. The van der Waals surface area contributed by atoms with Crippen molar-refractivity contribution in [2.45, 2.75) is 31.8 Å². The standard InChI is InChI=1S/C19H21ClFNO/c1-14-5-6-15(11-18(14)20)13-22-19(7-9-23-10-8-19)16-3-2-4-17(21)12-16/h2-6,11-12,22H,7-10,13H2,1H3. The second-order valence-corrected chi connectivity index (χ2v) is 6.55. The molecule has 1 aliphatic rings. The van der Waals surface area contributed by atoms with Crippen molar-refractivity contribution in [2.75, 3.05) is 13.2 Å². The highest BCUT2D eigenvalue weighted by Gasteiger charge is 2.34. The normalized spacial score (nSPS) is 17.2. The lowest BCUT2D eigenvalue weighted by atomic mass is 9.82. The van der Waals surface area contributed by atoms with Gasteiger partial charge in [-0.25, -0.2) is 4.39 Å². The van der Waals surface area contributed by atoms with Gasteiger partial charge in [0, 0.05) is 30.3 Å². The van der Waals surface area contributed by atoms with Crippen LogP contribution in [0.4, 0.5) is 4.39 Å². The minimum absolute atomic E-state index is 0.200. The van der Waals surface area contributed by atoms with Crippen LogP contribution in [0.3, 0.4) is 0 Å². The first kappa shape index (κ1) is 16.4. The van der Waals surface area contributed by atoms with Gasteiger partial charge in [-0.1, -0.05) is 35.9 Å². The fourth-order valence-electron chi connectivity index (χ4n) is 3.09. The Kier molecular flexibility index (Phi) is 5.00. The Morgan fingerprint density at radius 2 is 1.96 bits per heavy atom. The number of hydrogen-bond acceptors (Lipinski definition) is 2. The molecule has 1 saturated heterocycles. The summed E-state index contributed by atoms with van der Waals surface area (Å²) < 4.78 is 19.2.